The van der Waals surface area contributed by atoms with Crippen LogP contribution in [0, 0.1) is 0 Å². The van der Waals surface area contributed by atoms with Crippen LogP contribution in [0.15, 0.2) is 72.8 Å². The average molecular weight is 458 g/mol. The predicted octanol–water partition coefficient (Wildman–Crippen LogP) is 5.30. The van der Waals surface area contributed by atoms with Gasteiger partial charge in [-0.2, -0.15) is 0 Å². The number of carbonyl (C=O) groups excluding carboxylic acids is 2. The number of thiocarbonyl (C=S) groups is 1. The highest BCUT2D eigenvalue weighted by atomic mass is 35.5. The molecule has 0 aliphatic heterocycles. The Bertz CT molecular complexity index is 1090. The maximum absolute atomic E-state index is 12.5. The van der Waals surface area contributed by atoms with Gasteiger partial charge in [-0.05, 0) is 66.3 Å². The Morgan fingerprint density at radius 3 is 2.17 bits per heavy atom. The number of carbonyl (C=O) groups is 2. The number of hydrogen-bond acceptors (Lipinski definition) is 3. The van der Waals surface area contributed by atoms with Crippen LogP contribution < -0.4 is 16.0 Å². The third-order valence-electron chi connectivity index (χ3n) is 4.00. The van der Waals surface area contributed by atoms with Crippen molar-refractivity contribution in [1.82, 2.24) is 5.32 Å². The molecule has 3 aromatic carbocycles. The zero-order valence-electron chi connectivity index (χ0n) is 15.6. The molecular weight excluding hydrogens is 441 g/mol. The summed E-state index contributed by atoms with van der Waals surface area (Å²) in [4.78, 5) is 24.6. The van der Waals surface area contributed by atoms with Crippen LogP contribution in [0.5, 0.6) is 0 Å². The highest BCUT2D eigenvalue weighted by molar-refractivity contribution is 7.80. The van der Waals surface area contributed by atoms with Crippen molar-refractivity contribution in [1.29, 1.82) is 0 Å². The Kier molecular flexibility index (Phi) is 7.41. The number of benzene rings is 3. The van der Waals surface area contributed by atoms with E-state index in [-0.39, 0.29) is 23.3 Å². The molecule has 0 spiro atoms. The van der Waals surface area contributed by atoms with Gasteiger partial charge in [0, 0.05) is 27.0 Å². The Labute approximate surface area is 189 Å². The molecule has 0 saturated heterocycles. The van der Waals surface area contributed by atoms with Crippen LogP contribution in [-0.4, -0.2) is 16.9 Å². The van der Waals surface area contributed by atoms with Crippen LogP contribution in [-0.2, 0) is 11.2 Å². The molecule has 30 heavy (non-hydrogen) atoms. The Morgan fingerprint density at radius 2 is 1.47 bits per heavy atom. The SMILES string of the molecule is O=C(Cc1ccc(Cl)cc1)NC(=S)Nc1cccc(C(=O)Nc2cccc(Cl)c2)c1. The fraction of sp³-hybridized carbons (Fsp3) is 0.0455. The van der Waals surface area contributed by atoms with Crippen LogP contribution in [0.1, 0.15) is 15.9 Å². The third-order valence-corrected chi connectivity index (χ3v) is 4.69. The van der Waals surface area contributed by atoms with Gasteiger partial charge in [-0.25, -0.2) is 0 Å². The number of nitrogens with one attached hydrogen (secondary N) is 3. The van der Waals surface area contributed by atoms with E-state index in [4.69, 9.17) is 35.4 Å². The largest absolute Gasteiger partial charge is 0.332 e. The number of halogens is 2. The van der Waals surface area contributed by atoms with Crippen LogP contribution >= 0.6 is 35.4 Å². The summed E-state index contributed by atoms with van der Waals surface area (Å²) in [7, 11) is 0. The molecule has 0 saturated carbocycles. The van der Waals surface area contributed by atoms with Crippen LogP contribution in [0.2, 0.25) is 10.0 Å². The van der Waals surface area contributed by atoms with Crippen LogP contribution in [0.3, 0.4) is 0 Å². The molecule has 3 N–H and O–H groups in total. The van der Waals surface area contributed by atoms with Crippen molar-refractivity contribution < 1.29 is 9.59 Å². The quantitative estimate of drug-likeness (QED) is 0.454. The lowest BCUT2D eigenvalue weighted by Crippen LogP contribution is -2.35. The summed E-state index contributed by atoms with van der Waals surface area (Å²) in [6.45, 7) is 0. The maximum atomic E-state index is 12.5. The van der Waals surface area contributed by atoms with E-state index in [0.717, 1.165) is 5.56 Å². The lowest BCUT2D eigenvalue weighted by Gasteiger charge is -2.11. The summed E-state index contributed by atoms with van der Waals surface area (Å²) < 4.78 is 0. The third kappa shape index (κ3) is 6.56. The lowest BCUT2D eigenvalue weighted by molar-refractivity contribution is -0.119. The second-order valence-electron chi connectivity index (χ2n) is 6.35. The van der Waals surface area contributed by atoms with E-state index in [9.17, 15) is 9.59 Å². The smallest absolute Gasteiger partial charge is 0.255 e. The minimum atomic E-state index is -0.293. The standard InChI is InChI=1S/C22H17Cl2N3O2S/c23-16-9-7-14(8-10-16)11-20(28)27-22(30)26-18-5-1-3-15(12-18)21(29)25-19-6-2-4-17(24)13-19/h1-10,12-13H,11H2,(H,25,29)(H2,26,27,28,30). The van der Waals surface area contributed by atoms with Gasteiger partial charge in [0.15, 0.2) is 5.11 Å². The van der Waals surface area contributed by atoms with Crippen molar-refractivity contribution >= 4 is 63.7 Å². The van der Waals surface area contributed by atoms with E-state index < -0.39 is 0 Å². The molecule has 0 radical (unpaired) electrons. The molecule has 0 aliphatic rings. The fourth-order valence-electron chi connectivity index (χ4n) is 2.63. The van der Waals surface area contributed by atoms with Crippen molar-refractivity contribution in [3.8, 4) is 0 Å². The molecule has 5 nitrogen and oxygen atoms in total. The van der Waals surface area contributed by atoms with Gasteiger partial charge in [0.05, 0.1) is 6.42 Å². The number of rotatable bonds is 5. The molecule has 2 amide bonds. The predicted molar refractivity (Wildman–Crippen MR) is 125 cm³/mol. The summed E-state index contributed by atoms with van der Waals surface area (Å²) in [5, 5.41) is 9.59. The summed E-state index contributed by atoms with van der Waals surface area (Å²) in [5.74, 6) is -0.553. The van der Waals surface area contributed by atoms with Crippen molar-refractivity contribution in [2.24, 2.45) is 0 Å². The molecule has 0 aromatic heterocycles. The van der Waals surface area contributed by atoms with E-state index in [1.807, 2.05) is 0 Å². The van der Waals surface area contributed by atoms with Gasteiger partial charge in [-0.3, -0.25) is 9.59 Å². The van der Waals surface area contributed by atoms with Gasteiger partial charge in [-0.15, -0.1) is 0 Å². The molecule has 0 atom stereocenters. The summed E-state index contributed by atoms with van der Waals surface area (Å²) in [6.07, 6.45) is 0.168. The zero-order valence-corrected chi connectivity index (χ0v) is 17.9. The maximum Gasteiger partial charge on any atom is 0.255 e. The Morgan fingerprint density at radius 1 is 0.800 bits per heavy atom. The minimum absolute atomic E-state index is 0.140. The molecule has 0 bridgehead atoms. The normalized spacial score (nSPS) is 10.2. The first-order valence-corrected chi connectivity index (χ1v) is 10.1. The van der Waals surface area contributed by atoms with E-state index >= 15 is 0 Å². The highest BCUT2D eigenvalue weighted by Gasteiger charge is 2.10. The first-order chi connectivity index (χ1) is 14.4. The van der Waals surface area contributed by atoms with Gasteiger partial charge in [0.1, 0.15) is 0 Å². The van der Waals surface area contributed by atoms with Crippen LogP contribution in [0.4, 0.5) is 11.4 Å². The van der Waals surface area contributed by atoms with Gasteiger partial charge in [-0.1, -0.05) is 47.5 Å². The molecule has 0 aliphatic carbocycles. The van der Waals surface area contributed by atoms with Crippen molar-refractivity contribution in [2.45, 2.75) is 6.42 Å². The number of amides is 2. The van der Waals surface area contributed by atoms with E-state index in [1.54, 1.807) is 72.8 Å². The van der Waals surface area contributed by atoms with Gasteiger partial charge in [0.25, 0.3) is 5.91 Å². The number of anilines is 2. The molecule has 8 heteroatoms. The number of hydrogen-bond donors (Lipinski definition) is 3. The van der Waals surface area contributed by atoms with Crippen molar-refractivity contribution in [2.75, 3.05) is 10.6 Å². The average Bonchev–Trinajstić information content (AvgIpc) is 2.70. The second-order valence-corrected chi connectivity index (χ2v) is 7.63. The van der Waals surface area contributed by atoms with E-state index in [1.165, 1.54) is 0 Å². The molecular formula is C22H17Cl2N3O2S. The molecule has 0 unspecified atom stereocenters. The van der Waals surface area contributed by atoms with Gasteiger partial charge < -0.3 is 16.0 Å². The van der Waals surface area contributed by atoms with E-state index in [2.05, 4.69) is 16.0 Å². The molecule has 0 fully saturated rings. The van der Waals surface area contributed by atoms with E-state index in [0.29, 0.717) is 27.0 Å². The van der Waals surface area contributed by atoms with Crippen LogP contribution in [0.25, 0.3) is 0 Å². The Balaban J connectivity index is 1.57. The first-order valence-electron chi connectivity index (χ1n) is 8.91. The molecule has 0 heterocycles. The summed E-state index contributed by atoms with van der Waals surface area (Å²) >= 11 is 17.0. The van der Waals surface area contributed by atoms with Crippen molar-refractivity contribution in [3.05, 3.63) is 94.0 Å². The summed E-state index contributed by atoms with van der Waals surface area (Å²) in [5.41, 5.74) is 2.41. The topological polar surface area (TPSA) is 70.2 Å². The molecule has 3 rings (SSSR count). The molecule has 3 aromatic rings. The first kappa shape index (κ1) is 21.8. The Hall–Kier alpha value is -2.93. The monoisotopic (exact) mass is 457 g/mol. The fourth-order valence-corrected chi connectivity index (χ4v) is 3.18. The molecule has 152 valence electrons. The zero-order chi connectivity index (χ0) is 21.5. The van der Waals surface area contributed by atoms with Gasteiger partial charge >= 0.3 is 0 Å². The van der Waals surface area contributed by atoms with Gasteiger partial charge in [0.2, 0.25) is 5.91 Å². The highest BCUT2D eigenvalue weighted by Crippen LogP contribution is 2.17. The van der Waals surface area contributed by atoms with Crippen molar-refractivity contribution in [3.63, 3.8) is 0 Å². The summed E-state index contributed by atoms with van der Waals surface area (Å²) in [6, 6.07) is 20.7. The lowest BCUT2D eigenvalue weighted by atomic mass is 10.1. The minimum Gasteiger partial charge on any atom is -0.332 e. The second kappa shape index (κ2) is 10.2.